The lowest BCUT2D eigenvalue weighted by molar-refractivity contribution is -0.136. The monoisotopic (exact) mass is 156 g/mol. The van der Waals surface area contributed by atoms with Crippen molar-refractivity contribution >= 4 is 11.8 Å². The summed E-state index contributed by atoms with van der Waals surface area (Å²) in [6.07, 6.45) is 2.49. The first-order valence-electron chi connectivity index (χ1n) is 3.76. The Balaban J connectivity index is 2.42. The van der Waals surface area contributed by atoms with Gasteiger partial charge >= 0.3 is 0 Å². The van der Waals surface area contributed by atoms with Gasteiger partial charge in [0.2, 0.25) is 11.8 Å². The van der Waals surface area contributed by atoms with Crippen molar-refractivity contribution in [3.63, 3.8) is 0 Å². The molecule has 2 N–H and O–H groups in total. The lowest BCUT2D eigenvalue weighted by atomic mass is 10.1. The predicted octanol–water partition coefficient (Wildman–Crippen LogP) is -0.516. The van der Waals surface area contributed by atoms with Crippen molar-refractivity contribution in [3.8, 4) is 0 Å². The van der Waals surface area contributed by atoms with Crippen LogP contribution in [0, 0.1) is 0 Å². The van der Waals surface area contributed by atoms with Gasteiger partial charge < -0.3 is 10.6 Å². The number of nitrogens with zero attached hydrogens (tertiary/aromatic N) is 1. The molecular weight excluding hydrogens is 144 g/mol. The van der Waals surface area contributed by atoms with Crippen LogP contribution in [0.25, 0.3) is 0 Å². The minimum Gasteiger partial charge on any atom is -0.368 e. The third kappa shape index (κ3) is 2.22. The summed E-state index contributed by atoms with van der Waals surface area (Å²) in [6, 6.07) is 0. The van der Waals surface area contributed by atoms with Crippen molar-refractivity contribution in [2.45, 2.75) is 19.3 Å². The van der Waals surface area contributed by atoms with Crippen LogP contribution in [0.15, 0.2) is 0 Å². The number of piperidine rings is 1. The van der Waals surface area contributed by atoms with E-state index in [0.29, 0.717) is 13.0 Å². The molecule has 4 nitrogen and oxygen atoms in total. The molecule has 1 aliphatic heterocycles. The molecule has 0 aromatic rings. The van der Waals surface area contributed by atoms with Crippen LogP contribution in [0.3, 0.4) is 0 Å². The molecule has 0 spiro atoms. The molecule has 0 bridgehead atoms. The van der Waals surface area contributed by atoms with Crippen LogP contribution in [0.1, 0.15) is 19.3 Å². The number of amides is 2. The molecule has 0 radical (unpaired) electrons. The highest BCUT2D eigenvalue weighted by molar-refractivity contribution is 5.84. The molecule has 0 aromatic carbocycles. The minimum absolute atomic E-state index is 0.0510. The molecule has 0 atom stereocenters. The van der Waals surface area contributed by atoms with Crippen LogP contribution in [-0.2, 0) is 9.59 Å². The van der Waals surface area contributed by atoms with Gasteiger partial charge in [0, 0.05) is 13.0 Å². The maximum absolute atomic E-state index is 11.0. The Bertz CT molecular complexity index is 179. The molecular formula is C7H12N2O2. The highest BCUT2D eigenvalue weighted by atomic mass is 16.2. The van der Waals surface area contributed by atoms with Crippen molar-refractivity contribution in [3.05, 3.63) is 0 Å². The molecule has 11 heavy (non-hydrogen) atoms. The van der Waals surface area contributed by atoms with Crippen molar-refractivity contribution in [1.82, 2.24) is 4.90 Å². The van der Waals surface area contributed by atoms with Gasteiger partial charge in [-0.05, 0) is 12.8 Å². The van der Waals surface area contributed by atoms with E-state index in [9.17, 15) is 9.59 Å². The fourth-order valence-electron chi connectivity index (χ4n) is 1.22. The first-order chi connectivity index (χ1) is 5.20. The predicted molar refractivity (Wildman–Crippen MR) is 39.6 cm³/mol. The Morgan fingerprint density at radius 3 is 2.82 bits per heavy atom. The van der Waals surface area contributed by atoms with Crippen LogP contribution < -0.4 is 5.73 Å². The molecule has 0 saturated carbocycles. The number of rotatable bonds is 2. The third-order valence-corrected chi connectivity index (χ3v) is 1.77. The SMILES string of the molecule is NC(=O)CN1CCCCC1=O. The third-order valence-electron chi connectivity index (χ3n) is 1.77. The first kappa shape index (κ1) is 8.04. The number of nitrogens with two attached hydrogens (primary N) is 1. The summed E-state index contributed by atoms with van der Waals surface area (Å²) in [5.41, 5.74) is 4.95. The normalized spacial score (nSPS) is 18.5. The summed E-state index contributed by atoms with van der Waals surface area (Å²) in [4.78, 5) is 23.0. The molecule has 1 aliphatic rings. The molecule has 2 amide bonds. The zero-order chi connectivity index (χ0) is 8.27. The summed E-state index contributed by atoms with van der Waals surface area (Å²) in [6.45, 7) is 0.764. The summed E-state index contributed by atoms with van der Waals surface area (Å²) in [5, 5.41) is 0. The topological polar surface area (TPSA) is 63.4 Å². The van der Waals surface area contributed by atoms with Gasteiger partial charge in [0.15, 0.2) is 0 Å². The standard InChI is InChI=1S/C7H12N2O2/c8-6(10)5-9-4-2-1-3-7(9)11/h1-5H2,(H2,8,10). The zero-order valence-electron chi connectivity index (χ0n) is 6.38. The Hall–Kier alpha value is -1.06. The summed E-state index contributed by atoms with van der Waals surface area (Å²) < 4.78 is 0. The fraction of sp³-hybridized carbons (Fsp3) is 0.714. The molecule has 1 heterocycles. The number of hydrogen-bond acceptors (Lipinski definition) is 2. The second-order valence-electron chi connectivity index (χ2n) is 2.74. The number of carbonyl (C=O) groups is 2. The number of primary amides is 1. The Labute approximate surface area is 65.3 Å². The van der Waals surface area contributed by atoms with Crippen LogP contribution in [0.4, 0.5) is 0 Å². The largest absolute Gasteiger partial charge is 0.368 e. The summed E-state index contributed by atoms with van der Waals surface area (Å²) in [5.74, 6) is -0.379. The minimum atomic E-state index is -0.430. The summed E-state index contributed by atoms with van der Waals surface area (Å²) >= 11 is 0. The van der Waals surface area contributed by atoms with Crippen molar-refractivity contribution in [2.75, 3.05) is 13.1 Å². The van der Waals surface area contributed by atoms with Crippen molar-refractivity contribution < 1.29 is 9.59 Å². The lowest BCUT2D eigenvalue weighted by Gasteiger charge is -2.24. The fourth-order valence-corrected chi connectivity index (χ4v) is 1.22. The maximum Gasteiger partial charge on any atom is 0.237 e. The molecule has 62 valence electrons. The quantitative estimate of drug-likeness (QED) is 0.585. The Morgan fingerprint density at radius 1 is 1.55 bits per heavy atom. The summed E-state index contributed by atoms with van der Waals surface area (Å²) in [7, 11) is 0. The van der Waals surface area contributed by atoms with Crippen LogP contribution >= 0.6 is 0 Å². The van der Waals surface area contributed by atoms with Crippen molar-refractivity contribution in [2.24, 2.45) is 5.73 Å². The molecule has 4 heteroatoms. The van der Waals surface area contributed by atoms with E-state index in [1.807, 2.05) is 0 Å². The van der Waals surface area contributed by atoms with Gasteiger partial charge in [0.1, 0.15) is 0 Å². The van der Waals surface area contributed by atoms with E-state index in [1.54, 1.807) is 0 Å². The van der Waals surface area contributed by atoms with E-state index < -0.39 is 5.91 Å². The van der Waals surface area contributed by atoms with E-state index in [-0.39, 0.29) is 12.5 Å². The molecule has 1 rings (SSSR count). The highest BCUT2D eigenvalue weighted by Gasteiger charge is 2.18. The van der Waals surface area contributed by atoms with Gasteiger partial charge in [-0.2, -0.15) is 0 Å². The van der Waals surface area contributed by atoms with E-state index in [2.05, 4.69) is 0 Å². The number of carbonyl (C=O) groups excluding carboxylic acids is 2. The average molecular weight is 156 g/mol. The molecule has 1 fully saturated rings. The van der Waals surface area contributed by atoms with Gasteiger partial charge in [-0.1, -0.05) is 0 Å². The number of likely N-dealkylation sites (tertiary alicyclic amines) is 1. The number of hydrogen-bond donors (Lipinski definition) is 1. The van der Waals surface area contributed by atoms with Gasteiger partial charge in [0.05, 0.1) is 6.54 Å². The van der Waals surface area contributed by atoms with Crippen LogP contribution in [0.5, 0.6) is 0 Å². The molecule has 0 aromatic heterocycles. The molecule has 1 saturated heterocycles. The molecule has 0 unspecified atom stereocenters. The van der Waals surface area contributed by atoms with Gasteiger partial charge in [0.25, 0.3) is 0 Å². The van der Waals surface area contributed by atoms with Crippen LogP contribution in [-0.4, -0.2) is 29.8 Å². The van der Waals surface area contributed by atoms with E-state index in [1.165, 1.54) is 4.90 Å². The van der Waals surface area contributed by atoms with E-state index in [4.69, 9.17) is 5.73 Å². The first-order valence-corrected chi connectivity index (χ1v) is 3.76. The Kier molecular flexibility index (Phi) is 2.46. The smallest absolute Gasteiger partial charge is 0.237 e. The average Bonchev–Trinajstić information content (AvgIpc) is 1.93. The van der Waals surface area contributed by atoms with Gasteiger partial charge in [-0.3, -0.25) is 9.59 Å². The Morgan fingerprint density at radius 2 is 2.27 bits per heavy atom. The van der Waals surface area contributed by atoms with Crippen LogP contribution in [0.2, 0.25) is 0 Å². The molecule has 0 aliphatic carbocycles. The van der Waals surface area contributed by atoms with Crippen molar-refractivity contribution in [1.29, 1.82) is 0 Å². The van der Waals surface area contributed by atoms with Gasteiger partial charge in [-0.15, -0.1) is 0 Å². The van der Waals surface area contributed by atoms with E-state index >= 15 is 0 Å². The maximum atomic E-state index is 11.0. The van der Waals surface area contributed by atoms with Gasteiger partial charge in [-0.25, -0.2) is 0 Å². The second kappa shape index (κ2) is 3.37. The lowest BCUT2D eigenvalue weighted by Crippen LogP contribution is -2.41. The van der Waals surface area contributed by atoms with E-state index in [0.717, 1.165) is 12.8 Å². The highest BCUT2D eigenvalue weighted by Crippen LogP contribution is 2.09. The second-order valence-corrected chi connectivity index (χ2v) is 2.74. The zero-order valence-corrected chi connectivity index (χ0v) is 6.38.